The molecule has 1 unspecified atom stereocenters. The van der Waals surface area contributed by atoms with Gasteiger partial charge in [0, 0.05) is 17.8 Å². The highest BCUT2D eigenvalue weighted by Gasteiger charge is 2.34. The quantitative estimate of drug-likeness (QED) is 0.774. The number of carboxylic acid groups (broad SMARTS) is 1. The number of unbranched alkanes of at least 4 members (excludes halogenated alkanes) is 3. The summed E-state index contributed by atoms with van der Waals surface area (Å²) in [7, 11) is 0. The molecule has 0 bridgehead atoms. The number of aliphatic carboxylic acids is 1. The van der Waals surface area contributed by atoms with Crippen LogP contribution in [0.4, 0.5) is 0 Å². The van der Waals surface area contributed by atoms with E-state index in [1.165, 1.54) is 17.8 Å². The van der Waals surface area contributed by atoms with E-state index in [0.29, 0.717) is 24.8 Å². The van der Waals surface area contributed by atoms with E-state index in [-0.39, 0.29) is 5.56 Å². The molecular weight excluding hydrogens is 324 g/mol. The van der Waals surface area contributed by atoms with Crippen molar-refractivity contribution in [1.82, 2.24) is 9.55 Å². The van der Waals surface area contributed by atoms with Crippen LogP contribution in [-0.4, -0.2) is 20.6 Å². The molecular formula is C18H24N2O3S. The van der Waals surface area contributed by atoms with Crippen LogP contribution in [0.3, 0.4) is 0 Å². The zero-order valence-electron chi connectivity index (χ0n) is 14.3. The van der Waals surface area contributed by atoms with Crippen molar-refractivity contribution in [2.24, 2.45) is 0 Å². The fourth-order valence-electron chi connectivity index (χ4n) is 3.61. The zero-order chi connectivity index (χ0) is 17.3. The first-order chi connectivity index (χ1) is 11.6. The summed E-state index contributed by atoms with van der Waals surface area (Å²) in [5.74, 6) is -0.568. The van der Waals surface area contributed by atoms with Crippen LogP contribution in [0.5, 0.6) is 0 Å². The van der Waals surface area contributed by atoms with Crippen molar-refractivity contribution in [2.45, 2.75) is 71.3 Å². The van der Waals surface area contributed by atoms with Gasteiger partial charge in [-0.2, -0.15) is 0 Å². The van der Waals surface area contributed by atoms with Gasteiger partial charge in [-0.25, -0.2) is 4.98 Å². The third-order valence-electron chi connectivity index (χ3n) is 4.86. The molecule has 5 nitrogen and oxygen atoms in total. The lowest BCUT2D eigenvalue weighted by Crippen LogP contribution is -2.26. The monoisotopic (exact) mass is 348 g/mol. The third-order valence-corrected chi connectivity index (χ3v) is 6.02. The number of hydrogen-bond donors (Lipinski definition) is 1. The maximum absolute atomic E-state index is 13.1. The van der Waals surface area contributed by atoms with Crippen molar-refractivity contribution < 1.29 is 9.90 Å². The van der Waals surface area contributed by atoms with Crippen LogP contribution in [0.15, 0.2) is 4.79 Å². The minimum atomic E-state index is -0.832. The predicted octanol–water partition coefficient (Wildman–Crippen LogP) is 3.72. The molecule has 0 amide bonds. The van der Waals surface area contributed by atoms with Gasteiger partial charge in [-0.15, -0.1) is 11.3 Å². The maximum atomic E-state index is 13.1. The molecule has 0 saturated carbocycles. The summed E-state index contributed by atoms with van der Waals surface area (Å²) in [5.41, 5.74) is 0.698. The van der Waals surface area contributed by atoms with Crippen LogP contribution in [0, 0.1) is 0 Å². The Labute approximate surface area is 145 Å². The standard InChI is InChI=1S/C18H24N2O3S/c1-3-5-6-7-10-20-13(4-2)19-16-15(17(20)21)14-11(18(22)23)8-9-12(14)24-16/h11H,3-10H2,1-2H3,(H,22,23). The van der Waals surface area contributed by atoms with E-state index in [4.69, 9.17) is 4.98 Å². The number of nitrogens with zero attached hydrogens (tertiary/aromatic N) is 2. The maximum Gasteiger partial charge on any atom is 0.311 e. The minimum Gasteiger partial charge on any atom is -0.481 e. The SMILES string of the molecule is CCCCCCn1c(CC)nc2sc3c(c2c1=O)C(C(=O)O)CC3. The highest BCUT2D eigenvalue weighted by atomic mass is 32.1. The van der Waals surface area contributed by atoms with Crippen LogP contribution >= 0.6 is 11.3 Å². The number of thiophene rings is 1. The molecule has 2 heterocycles. The Morgan fingerprint density at radius 1 is 1.33 bits per heavy atom. The summed E-state index contributed by atoms with van der Waals surface area (Å²) in [6.45, 7) is 4.85. The molecule has 1 N–H and O–H groups in total. The average Bonchev–Trinajstić information content (AvgIpc) is 3.11. The van der Waals surface area contributed by atoms with E-state index < -0.39 is 11.9 Å². The molecule has 0 saturated heterocycles. The number of aryl methyl sites for hydroxylation is 2. The van der Waals surface area contributed by atoms with Crippen LogP contribution in [0.1, 0.15) is 68.1 Å². The van der Waals surface area contributed by atoms with Crippen molar-refractivity contribution in [3.63, 3.8) is 0 Å². The number of aromatic nitrogens is 2. The van der Waals surface area contributed by atoms with Crippen LogP contribution < -0.4 is 5.56 Å². The van der Waals surface area contributed by atoms with Gasteiger partial charge in [0.25, 0.3) is 5.56 Å². The summed E-state index contributed by atoms with van der Waals surface area (Å²) in [4.78, 5) is 31.1. The smallest absolute Gasteiger partial charge is 0.311 e. The summed E-state index contributed by atoms with van der Waals surface area (Å²) in [6.07, 6.45) is 6.44. The lowest BCUT2D eigenvalue weighted by Gasteiger charge is -2.12. The number of fused-ring (bicyclic) bond motifs is 3. The van der Waals surface area contributed by atoms with Gasteiger partial charge in [-0.3, -0.25) is 14.2 Å². The van der Waals surface area contributed by atoms with Crippen LogP contribution in [0.25, 0.3) is 10.2 Å². The molecule has 1 atom stereocenters. The zero-order valence-corrected chi connectivity index (χ0v) is 15.1. The van der Waals surface area contributed by atoms with Gasteiger partial charge in [-0.1, -0.05) is 33.1 Å². The number of carboxylic acids is 1. The van der Waals surface area contributed by atoms with Gasteiger partial charge in [0.2, 0.25) is 0 Å². The van der Waals surface area contributed by atoms with E-state index >= 15 is 0 Å². The van der Waals surface area contributed by atoms with E-state index in [1.807, 2.05) is 6.92 Å². The summed E-state index contributed by atoms with van der Waals surface area (Å²) in [5, 5.41) is 10.0. The molecule has 0 aromatic carbocycles. The second kappa shape index (κ2) is 7.05. The molecule has 3 rings (SSSR count). The molecule has 24 heavy (non-hydrogen) atoms. The van der Waals surface area contributed by atoms with Crippen molar-refractivity contribution in [3.05, 3.63) is 26.6 Å². The summed E-state index contributed by atoms with van der Waals surface area (Å²) >= 11 is 1.50. The molecule has 2 aromatic heterocycles. The molecule has 0 spiro atoms. The van der Waals surface area contributed by atoms with Crippen molar-refractivity contribution >= 4 is 27.5 Å². The van der Waals surface area contributed by atoms with Gasteiger partial charge in [0.1, 0.15) is 10.7 Å². The van der Waals surface area contributed by atoms with E-state index in [2.05, 4.69) is 6.92 Å². The first-order valence-electron chi connectivity index (χ1n) is 8.86. The topological polar surface area (TPSA) is 72.2 Å². The van der Waals surface area contributed by atoms with Gasteiger partial charge in [0.05, 0.1) is 11.3 Å². The molecule has 1 aliphatic rings. The van der Waals surface area contributed by atoms with Crippen molar-refractivity contribution in [3.8, 4) is 0 Å². The van der Waals surface area contributed by atoms with Crippen molar-refractivity contribution in [1.29, 1.82) is 0 Å². The number of hydrogen-bond acceptors (Lipinski definition) is 4. The first kappa shape index (κ1) is 17.1. The lowest BCUT2D eigenvalue weighted by atomic mass is 10.0. The highest BCUT2D eigenvalue weighted by molar-refractivity contribution is 7.18. The Morgan fingerprint density at radius 2 is 2.12 bits per heavy atom. The Kier molecular flexibility index (Phi) is 5.04. The Hall–Kier alpha value is -1.69. The van der Waals surface area contributed by atoms with Crippen LogP contribution in [0.2, 0.25) is 0 Å². The molecule has 0 aliphatic heterocycles. The van der Waals surface area contributed by atoms with Gasteiger partial charge >= 0.3 is 5.97 Å². The Bertz CT molecular complexity index is 822. The van der Waals surface area contributed by atoms with Crippen molar-refractivity contribution in [2.75, 3.05) is 0 Å². The Morgan fingerprint density at radius 3 is 2.79 bits per heavy atom. The van der Waals surface area contributed by atoms with Gasteiger partial charge < -0.3 is 5.11 Å². The third kappa shape index (κ3) is 2.88. The summed E-state index contributed by atoms with van der Waals surface area (Å²) in [6, 6.07) is 0. The van der Waals surface area contributed by atoms with Gasteiger partial charge in [-0.05, 0) is 24.8 Å². The molecule has 0 fully saturated rings. The Balaban J connectivity index is 2.08. The first-order valence-corrected chi connectivity index (χ1v) is 9.67. The fourth-order valence-corrected chi connectivity index (χ4v) is 4.87. The molecule has 1 aliphatic carbocycles. The predicted molar refractivity (Wildman–Crippen MR) is 96.1 cm³/mol. The largest absolute Gasteiger partial charge is 0.481 e. The molecule has 130 valence electrons. The highest BCUT2D eigenvalue weighted by Crippen LogP contribution is 2.42. The average molecular weight is 348 g/mol. The second-order valence-electron chi connectivity index (χ2n) is 6.45. The normalized spacial score (nSPS) is 16.7. The molecule has 6 heteroatoms. The second-order valence-corrected chi connectivity index (χ2v) is 7.53. The number of carbonyl (C=O) groups is 1. The van der Waals surface area contributed by atoms with E-state index in [9.17, 15) is 14.7 Å². The number of rotatable bonds is 7. The molecule has 0 radical (unpaired) electrons. The van der Waals surface area contributed by atoms with E-state index in [1.54, 1.807) is 4.57 Å². The fraction of sp³-hybridized carbons (Fsp3) is 0.611. The molecule has 2 aromatic rings. The summed E-state index contributed by atoms with van der Waals surface area (Å²) < 4.78 is 1.78. The van der Waals surface area contributed by atoms with E-state index in [0.717, 1.165) is 46.8 Å². The van der Waals surface area contributed by atoms with Gasteiger partial charge in [0.15, 0.2) is 0 Å². The minimum absolute atomic E-state index is 0.0426. The lowest BCUT2D eigenvalue weighted by molar-refractivity contribution is -0.138. The van der Waals surface area contributed by atoms with Crippen LogP contribution in [-0.2, 0) is 24.2 Å².